The molecule has 112 valence electrons. The highest BCUT2D eigenvalue weighted by atomic mass is 16.5. The van der Waals surface area contributed by atoms with Crippen LogP contribution in [0.4, 0.5) is 0 Å². The van der Waals surface area contributed by atoms with E-state index in [4.69, 9.17) is 4.74 Å². The molecule has 3 heteroatoms. The number of hydrogen-bond acceptors (Lipinski definition) is 3. The summed E-state index contributed by atoms with van der Waals surface area (Å²) < 4.78 is 5.53. The molecular formula is C16H32N2O. The van der Waals surface area contributed by atoms with Crippen molar-refractivity contribution in [2.75, 3.05) is 19.8 Å². The lowest BCUT2D eigenvalue weighted by molar-refractivity contribution is 0.0704. The van der Waals surface area contributed by atoms with Gasteiger partial charge in [-0.1, -0.05) is 25.7 Å². The van der Waals surface area contributed by atoms with Gasteiger partial charge in [-0.15, -0.1) is 0 Å². The summed E-state index contributed by atoms with van der Waals surface area (Å²) in [5.41, 5.74) is 0. The Balaban J connectivity index is 1.69. The molecule has 0 aromatic rings. The van der Waals surface area contributed by atoms with Gasteiger partial charge in [0.15, 0.2) is 0 Å². The Morgan fingerprint density at radius 2 is 1.89 bits per heavy atom. The molecule has 1 saturated carbocycles. The van der Waals surface area contributed by atoms with E-state index >= 15 is 0 Å². The summed E-state index contributed by atoms with van der Waals surface area (Å²) in [5, 5.41) is 7.38. The highest BCUT2D eigenvalue weighted by Crippen LogP contribution is 2.25. The second kappa shape index (κ2) is 8.23. The molecule has 0 bridgehead atoms. The van der Waals surface area contributed by atoms with E-state index in [1.165, 1.54) is 44.9 Å². The lowest BCUT2D eigenvalue weighted by Crippen LogP contribution is -2.47. The number of morpholine rings is 1. The zero-order chi connectivity index (χ0) is 13.5. The highest BCUT2D eigenvalue weighted by molar-refractivity contribution is 4.81. The second-order valence-electron chi connectivity index (χ2n) is 6.57. The molecule has 1 saturated heterocycles. The van der Waals surface area contributed by atoms with Crippen LogP contribution in [0.15, 0.2) is 0 Å². The fourth-order valence-electron chi connectivity index (χ4n) is 3.66. The van der Waals surface area contributed by atoms with E-state index in [0.717, 1.165) is 25.7 Å². The average Bonchev–Trinajstić information content (AvgIpc) is 2.68. The standard InChI is InChI=1S/C16H32N2O/c1-13(11-16-12-19-10-9-17-16)18-14(2)15-7-5-3-4-6-8-15/h13-18H,3-12H2,1-2H3/t13?,14-,16?/m0/s1. The second-order valence-corrected chi connectivity index (χ2v) is 6.57. The Hall–Kier alpha value is -0.120. The van der Waals surface area contributed by atoms with E-state index in [1.807, 2.05) is 0 Å². The summed E-state index contributed by atoms with van der Waals surface area (Å²) in [4.78, 5) is 0. The van der Waals surface area contributed by atoms with Crippen LogP contribution in [0.1, 0.15) is 58.8 Å². The zero-order valence-corrected chi connectivity index (χ0v) is 12.8. The van der Waals surface area contributed by atoms with Gasteiger partial charge in [-0.25, -0.2) is 0 Å². The molecule has 0 aromatic carbocycles. The number of rotatable bonds is 5. The van der Waals surface area contributed by atoms with Crippen molar-refractivity contribution in [3.05, 3.63) is 0 Å². The molecule has 2 N–H and O–H groups in total. The van der Waals surface area contributed by atoms with Gasteiger partial charge in [0.2, 0.25) is 0 Å². The van der Waals surface area contributed by atoms with Crippen LogP contribution < -0.4 is 10.6 Å². The van der Waals surface area contributed by atoms with Crippen molar-refractivity contribution in [3.63, 3.8) is 0 Å². The molecule has 0 spiro atoms. The predicted molar refractivity (Wildman–Crippen MR) is 80.5 cm³/mol. The quantitative estimate of drug-likeness (QED) is 0.752. The molecule has 0 amide bonds. The predicted octanol–water partition coefficient (Wildman–Crippen LogP) is 2.70. The van der Waals surface area contributed by atoms with Crippen LogP contribution in [0.25, 0.3) is 0 Å². The minimum atomic E-state index is 0.539. The van der Waals surface area contributed by atoms with Crippen molar-refractivity contribution < 1.29 is 4.74 Å². The van der Waals surface area contributed by atoms with Crippen LogP contribution in [-0.4, -0.2) is 37.9 Å². The maximum absolute atomic E-state index is 5.53. The van der Waals surface area contributed by atoms with E-state index < -0.39 is 0 Å². The smallest absolute Gasteiger partial charge is 0.0620 e. The summed E-state index contributed by atoms with van der Waals surface area (Å²) in [6.45, 7) is 7.47. The van der Waals surface area contributed by atoms with Crippen LogP contribution in [0.2, 0.25) is 0 Å². The van der Waals surface area contributed by atoms with Crippen LogP contribution >= 0.6 is 0 Å². The van der Waals surface area contributed by atoms with Gasteiger partial charge >= 0.3 is 0 Å². The van der Waals surface area contributed by atoms with Gasteiger partial charge in [-0.3, -0.25) is 0 Å². The van der Waals surface area contributed by atoms with Gasteiger partial charge < -0.3 is 15.4 Å². The van der Waals surface area contributed by atoms with Gasteiger partial charge in [0, 0.05) is 24.7 Å². The van der Waals surface area contributed by atoms with Crippen molar-refractivity contribution in [2.24, 2.45) is 5.92 Å². The molecule has 2 aliphatic rings. The van der Waals surface area contributed by atoms with Crippen molar-refractivity contribution in [1.29, 1.82) is 0 Å². The fraction of sp³-hybridized carbons (Fsp3) is 1.00. The van der Waals surface area contributed by atoms with Crippen LogP contribution in [0.3, 0.4) is 0 Å². The molecule has 2 fully saturated rings. The van der Waals surface area contributed by atoms with Crippen molar-refractivity contribution >= 4 is 0 Å². The minimum Gasteiger partial charge on any atom is -0.379 e. The SMILES string of the molecule is CC(CC1COCCN1)N[C@@H](C)C1CCCCCC1. The number of nitrogens with one attached hydrogen (secondary N) is 2. The van der Waals surface area contributed by atoms with Gasteiger partial charge in [0.05, 0.1) is 13.2 Å². The number of ether oxygens (including phenoxy) is 1. The Morgan fingerprint density at radius 3 is 2.53 bits per heavy atom. The lowest BCUT2D eigenvalue weighted by Gasteiger charge is -2.31. The molecule has 1 aliphatic carbocycles. The molecule has 19 heavy (non-hydrogen) atoms. The summed E-state index contributed by atoms with van der Waals surface area (Å²) in [7, 11) is 0. The van der Waals surface area contributed by atoms with Crippen LogP contribution in [-0.2, 0) is 4.74 Å². The third-order valence-corrected chi connectivity index (χ3v) is 4.79. The maximum atomic E-state index is 5.53. The minimum absolute atomic E-state index is 0.539. The summed E-state index contributed by atoms with van der Waals surface area (Å²) in [5.74, 6) is 0.889. The third kappa shape index (κ3) is 5.41. The van der Waals surface area contributed by atoms with Crippen LogP contribution in [0.5, 0.6) is 0 Å². The van der Waals surface area contributed by atoms with Gasteiger partial charge in [-0.05, 0) is 39.0 Å². The topological polar surface area (TPSA) is 33.3 Å². The monoisotopic (exact) mass is 268 g/mol. The molecule has 0 radical (unpaired) electrons. The van der Waals surface area contributed by atoms with Crippen LogP contribution in [0, 0.1) is 5.92 Å². The molecule has 2 unspecified atom stereocenters. The van der Waals surface area contributed by atoms with Crippen molar-refractivity contribution in [2.45, 2.75) is 76.9 Å². The normalized spacial score (nSPS) is 29.7. The highest BCUT2D eigenvalue weighted by Gasteiger charge is 2.22. The first-order valence-electron chi connectivity index (χ1n) is 8.33. The molecule has 3 atom stereocenters. The van der Waals surface area contributed by atoms with E-state index in [9.17, 15) is 0 Å². The summed E-state index contributed by atoms with van der Waals surface area (Å²) in [6, 6.07) is 1.78. The molecule has 3 nitrogen and oxygen atoms in total. The molecular weight excluding hydrogens is 236 g/mol. The number of hydrogen-bond donors (Lipinski definition) is 2. The van der Waals surface area contributed by atoms with E-state index in [1.54, 1.807) is 0 Å². The van der Waals surface area contributed by atoms with Gasteiger partial charge in [0.1, 0.15) is 0 Å². The molecule has 1 heterocycles. The summed E-state index contributed by atoms with van der Waals surface area (Å²) >= 11 is 0. The van der Waals surface area contributed by atoms with E-state index in [-0.39, 0.29) is 0 Å². The summed E-state index contributed by atoms with van der Waals surface area (Å²) in [6.07, 6.45) is 9.78. The van der Waals surface area contributed by atoms with Gasteiger partial charge in [-0.2, -0.15) is 0 Å². The molecule has 0 aromatic heterocycles. The maximum Gasteiger partial charge on any atom is 0.0620 e. The largest absolute Gasteiger partial charge is 0.379 e. The van der Waals surface area contributed by atoms with Gasteiger partial charge in [0.25, 0.3) is 0 Å². The Bertz CT molecular complexity index is 233. The van der Waals surface area contributed by atoms with Crippen molar-refractivity contribution in [1.82, 2.24) is 10.6 Å². The average molecular weight is 268 g/mol. The molecule has 2 rings (SSSR count). The zero-order valence-electron chi connectivity index (χ0n) is 12.8. The van der Waals surface area contributed by atoms with E-state index in [2.05, 4.69) is 24.5 Å². The van der Waals surface area contributed by atoms with Crippen molar-refractivity contribution in [3.8, 4) is 0 Å². The Labute approximate surface area is 118 Å². The fourth-order valence-corrected chi connectivity index (χ4v) is 3.66. The Kier molecular flexibility index (Phi) is 6.62. The first-order chi connectivity index (χ1) is 9.25. The van der Waals surface area contributed by atoms with E-state index in [0.29, 0.717) is 18.1 Å². The third-order valence-electron chi connectivity index (χ3n) is 4.79. The molecule has 1 aliphatic heterocycles. The first kappa shape index (κ1) is 15.3. The first-order valence-corrected chi connectivity index (χ1v) is 8.33. The Morgan fingerprint density at radius 1 is 1.16 bits per heavy atom. The lowest BCUT2D eigenvalue weighted by atomic mass is 9.92.